The van der Waals surface area contributed by atoms with Gasteiger partial charge in [-0.3, -0.25) is 29.1 Å². The number of aromatic amines is 4. The summed E-state index contributed by atoms with van der Waals surface area (Å²) in [5.41, 5.74) is -0.765. The molecule has 0 aliphatic heterocycles. The number of aryl methyl sites for hydroxylation is 1. The summed E-state index contributed by atoms with van der Waals surface area (Å²) in [6.45, 7) is 3.98. The number of azo groups is 2. The minimum atomic E-state index is -5.16. The Kier molecular flexibility index (Phi) is 26.7. The number of methoxy groups -OCH3 is 2. The number of halogens is 2. The zero-order chi connectivity index (χ0) is 64.5. The van der Waals surface area contributed by atoms with Crippen molar-refractivity contribution in [1.29, 1.82) is 0 Å². The maximum Gasteiger partial charge on any atom is 1.00 e. The van der Waals surface area contributed by atoms with Crippen LogP contribution in [0.1, 0.15) is 19.4 Å². The fraction of sp³-hybridized carbons (Fsp3) is 0.0980. The van der Waals surface area contributed by atoms with Crippen molar-refractivity contribution in [3.63, 3.8) is 0 Å². The predicted octanol–water partition coefficient (Wildman–Crippen LogP) is -5.37. The van der Waals surface area contributed by atoms with E-state index in [0.29, 0.717) is 5.56 Å². The molecule has 32 nitrogen and oxygen atoms in total. The molecule has 0 fully saturated rings. The third kappa shape index (κ3) is 19.3. The number of aromatic nitrogens is 6. The van der Waals surface area contributed by atoms with Gasteiger partial charge in [-0.05, 0) is 116 Å². The number of para-hydroxylation sites is 1. The van der Waals surface area contributed by atoms with Gasteiger partial charge >= 0.3 is 118 Å². The van der Waals surface area contributed by atoms with Crippen LogP contribution in [0, 0.1) is 6.92 Å². The largest absolute Gasteiger partial charge is 1.00 e. The van der Waals surface area contributed by atoms with E-state index < -0.39 is 71.8 Å². The number of hydrogen-bond acceptors (Lipinski definition) is 26. The quantitative estimate of drug-likeness (QED) is 0.0173. The molecular formula is C51H38Cl2N16Na4O16S4. The summed E-state index contributed by atoms with van der Waals surface area (Å²) in [6.07, 6.45) is 0. The van der Waals surface area contributed by atoms with Gasteiger partial charge in [0, 0.05) is 33.7 Å². The van der Waals surface area contributed by atoms with Crippen LogP contribution < -0.4 is 160 Å². The Bertz CT molecular complexity index is 5380. The second-order valence-electron chi connectivity index (χ2n) is 18.2. The van der Waals surface area contributed by atoms with Gasteiger partial charge in [0.1, 0.15) is 64.3 Å². The third-order valence-corrected chi connectivity index (χ3v) is 15.9. The first-order chi connectivity index (χ1) is 41.8. The summed E-state index contributed by atoms with van der Waals surface area (Å²) in [5, 5.41) is 39.3. The van der Waals surface area contributed by atoms with E-state index in [-0.39, 0.29) is 241 Å². The van der Waals surface area contributed by atoms with Crippen molar-refractivity contribution < 1.29 is 190 Å². The van der Waals surface area contributed by atoms with Crippen LogP contribution in [0.4, 0.5) is 56.9 Å². The van der Waals surface area contributed by atoms with Crippen LogP contribution in [-0.2, 0) is 40.5 Å². The van der Waals surface area contributed by atoms with E-state index >= 15 is 0 Å². The average Bonchev–Trinajstić information content (AvgIpc) is 0.784. The molecule has 6 N–H and O–H groups in total. The van der Waals surface area contributed by atoms with Crippen molar-refractivity contribution >= 4 is 154 Å². The van der Waals surface area contributed by atoms with E-state index in [1.54, 1.807) is 25.1 Å². The first kappa shape index (κ1) is 77.9. The van der Waals surface area contributed by atoms with Gasteiger partial charge in [-0.2, -0.15) is 37.0 Å². The fourth-order valence-corrected chi connectivity index (χ4v) is 11.6. The number of nitrogens with zero attached hydrogens (tertiary/aromatic N) is 12. The van der Waals surface area contributed by atoms with Crippen molar-refractivity contribution in [1.82, 2.24) is 29.9 Å². The second-order valence-corrected chi connectivity index (χ2v) is 24.4. The smallest absolute Gasteiger partial charge is 0.862 e. The summed E-state index contributed by atoms with van der Waals surface area (Å²) < 4.78 is 154. The Morgan fingerprint density at radius 2 is 0.871 bits per heavy atom. The number of H-pyrrole nitrogens is 4. The van der Waals surface area contributed by atoms with Crippen molar-refractivity contribution in [3.05, 3.63) is 142 Å². The number of fused-ring (bicyclic) bond motifs is 2. The van der Waals surface area contributed by atoms with Gasteiger partial charge in [-0.15, -0.1) is 10.2 Å². The van der Waals surface area contributed by atoms with Crippen LogP contribution in [0.5, 0.6) is 11.5 Å². The monoisotopic (exact) mass is 1420 g/mol. The van der Waals surface area contributed by atoms with E-state index in [4.69, 9.17) is 37.7 Å². The number of rotatable bonds is 16. The molecule has 460 valence electrons. The number of aliphatic imine (C=N–C) groups is 2. The number of benzene rings is 7. The van der Waals surface area contributed by atoms with E-state index in [1.165, 1.54) is 50.6 Å². The first-order valence-electron chi connectivity index (χ1n) is 24.6. The van der Waals surface area contributed by atoms with Crippen LogP contribution in [0.15, 0.2) is 173 Å². The van der Waals surface area contributed by atoms with Gasteiger partial charge in [-0.25, -0.2) is 36.8 Å². The molecule has 0 aliphatic carbocycles. The summed E-state index contributed by atoms with van der Waals surface area (Å²) in [4.78, 5) is 43.0. The van der Waals surface area contributed by atoms with Gasteiger partial charge in [-0.1, -0.05) is 36.4 Å². The van der Waals surface area contributed by atoms with Crippen molar-refractivity contribution in [2.45, 2.75) is 40.4 Å². The molecule has 0 saturated carbocycles. The molecule has 93 heavy (non-hydrogen) atoms. The minimum Gasteiger partial charge on any atom is -0.862 e. The Balaban J connectivity index is 0.00000392. The van der Waals surface area contributed by atoms with E-state index in [2.05, 4.69) is 75.3 Å². The Morgan fingerprint density at radius 3 is 1.27 bits per heavy atom. The third-order valence-electron chi connectivity index (χ3n) is 12.0. The Labute approximate surface area is 624 Å². The zero-order valence-electron chi connectivity index (χ0n) is 49.7. The molecule has 9 rings (SSSR count). The second kappa shape index (κ2) is 31.9. The molecule has 0 aliphatic rings. The number of ether oxygens (including phenoxy) is 2. The Morgan fingerprint density at radius 1 is 0.473 bits per heavy atom. The number of hydrogen-bond donors (Lipinski definition) is 6. The van der Waals surface area contributed by atoms with Crippen LogP contribution in [-0.4, -0.2) is 108 Å². The van der Waals surface area contributed by atoms with Gasteiger partial charge in [0.25, 0.3) is 20.2 Å². The SMILES string of the molecule is COc1cc(N=Nc2cc(S(=O)(=O)O)c3cccc(S(=O)(=O)[O-])c3c2)c(N=C(C)[O-])cc1N=c1nc(Cl)[nH]c(=Nc2c(C)cccc2N=c2nc(Cl)[nH]c(=Nc3cc(N=C(C)[O-])c(N=Nc4cc(S(=O)(=O)O)c5cccc(S(=O)(=O)[O-])c5c4)cc3OC)[nH]2)[nH]1.[Na+].[Na+].[Na+].[Na+]. The molecular weight excluding hydrogens is 1380 g/mol. The summed E-state index contributed by atoms with van der Waals surface area (Å²) in [5.74, 6) is -1.45. The molecule has 42 heteroatoms. The molecule has 0 atom stereocenters. The van der Waals surface area contributed by atoms with E-state index in [1.807, 2.05) is 0 Å². The maximum absolute atomic E-state index is 12.4. The van der Waals surface area contributed by atoms with Crippen LogP contribution in [0.3, 0.4) is 0 Å². The van der Waals surface area contributed by atoms with Crippen molar-refractivity contribution in [2.24, 2.45) is 50.4 Å². The Hall–Kier alpha value is -5.76. The molecule has 2 heterocycles. The molecule has 0 bridgehead atoms. The van der Waals surface area contributed by atoms with Crippen molar-refractivity contribution in [2.75, 3.05) is 14.2 Å². The number of nitrogens with one attached hydrogen (secondary N) is 4. The average molecular weight is 1420 g/mol. The van der Waals surface area contributed by atoms with E-state index in [9.17, 15) is 62.1 Å². The van der Waals surface area contributed by atoms with Crippen LogP contribution >= 0.6 is 23.2 Å². The molecule has 2 aromatic heterocycles. The predicted molar refractivity (Wildman–Crippen MR) is 311 cm³/mol. The summed E-state index contributed by atoms with van der Waals surface area (Å²) in [6, 6.07) is 20.4. The molecule has 0 radical (unpaired) electrons. The van der Waals surface area contributed by atoms with Gasteiger partial charge < -0.3 is 38.8 Å². The van der Waals surface area contributed by atoms with E-state index in [0.717, 1.165) is 62.4 Å². The standard InChI is InChI=1S/C51H42Cl2N16O16S4.4Na/c1-23-9-6-12-32(56-48-60-46(52)61-49(64-48)57-37-19-33(54-24(2)70)35(21-39(37)84-4)68-66-26-15-30-28(43(17-26)88(78,79)80)10-7-13-41(30)86(72,73)74)45(23)59-51-63-47(53)62-50(65-51)58-38-20-34(55-25(3)71)36(22-40(38)85-5)69-67-27-16-31-29(44(18-27)89(81,82)83)11-8-14-42(31)87(75,76)77;;;;/h6-22H,1-5H3,(H,54,70)(H,55,71)(H,72,73,74)(H,75,76,77)(H,78,79,80)(H,81,82,83)(H2,56,57,60,61,64)(H2,58,59,62,63,65);;;;/q;4*+1/p-4. The topological polar surface area (TPSA) is 500 Å². The summed E-state index contributed by atoms with van der Waals surface area (Å²) in [7, 11) is -17.8. The van der Waals surface area contributed by atoms with Crippen LogP contribution in [0.25, 0.3) is 21.5 Å². The molecule has 7 aromatic carbocycles. The minimum absolute atomic E-state index is 0. The van der Waals surface area contributed by atoms with Gasteiger partial charge in [0.15, 0.2) is 0 Å². The van der Waals surface area contributed by atoms with Gasteiger partial charge in [0.2, 0.25) is 33.0 Å². The molecule has 0 saturated heterocycles. The van der Waals surface area contributed by atoms with Crippen LogP contribution in [0.2, 0.25) is 10.6 Å². The molecule has 0 amide bonds. The zero-order valence-corrected chi connectivity index (χ0v) is 62.5. The van der Waals surface area contributed by atoms with Crippen molar-refractivity contribution in [3.8, 4) is 11.5 Å². The van der Waals surface area contributed by atoms with Gasteiger partial charge in [0.05, 0.1) is 58.1 Å². The molecule has 0 spiro atoms. The maximum atomic E-state index is 12.4. The molecule has 0 unspecified atom stereocenters. The molecule has 9 aromatic rings. The first-order valence-corrected chi connectivity index (χ1v) is 31.0. The normalized spacial score (nSPS) is 13.3. The fourth-order valence-electron chi connectivity index (χ4n) is 8.42. The summed E-state index contributed by atoms with van der Waals surface area (Å²) >= 11 is 12.9.